The summed E-state index contributed by atoms with van der Waals surface area (Å²) < 4.78 is 0. The monoisotopic (exact) mass is 210 g/mol. The molecule has 4 heteroatoms. The van der Waals surface area contributed by atoms with E-state index in [9.17, 15) is 9.59 Å². The number of H-pyrrole nitrogens is 2. The van der Waals surface area contributed by atoms with E-state index in [4.69, 9.17) is 0 Å². The van der Waals surface area contributed by atoms with Crippen molar-refractivity contribution in [2.45, 2.75) is 45.4 Å². The summed E-state index contributed by atoms with van der Waals surface area (Å²) >= 11 is 0. The molecule has 1 heterocycles. The molecule has 0 saturated heterocycles. The van der Waals surface area contributed by atoms with Crippen LogP contribution in [0.5, 0.6) is 0 Å². The zero-order valence-electron chi connectivity index (χ0n) is 9.14. The Bertz CT molecular complexity index is 392. The fraction of sp³-hybridized carbons (Fsp3) is 0.636. The van der Waals surface area contributed by atoms with Gasteiger partial charge < -0.3 is 4.98 Å². The van der Waals surface area contributed by atoms with Crippen molar-refractivity contribution in [1.29, 1.82) is 0 Å². The minimum absolute atomic E-state index is 0.255. The lowest BCUT2D eigenvalue weighted by Gasteiger charge is -1.99. The molecule has 0 aliphatic heterocycles. The quantitative estimate of drug-likeness (QED) is 0.700. The Morgan fingerprint density at radius 3 is 2.53 bits per heavy atom. The second-order valence-corrected chi connectivity index (χ2v) is 3.76. The van der Waals surface area contributed by atoms with Crippen LogP contribution in [0.25, 0.3) is 0 Å². The van der Waals surface area contributed by atoms with Crippen LogP contribution in [-0.2, 0) is 6.42 Å². The van der Waals surface area contributed by atoms with E-state index in [0.29, 0.717) is 5.56 Å². The maximum Gasteiger partial charge on any atom is 0.325 e. The van der Waals surface area contributed by atoms with Crippen LogP contribution in [0, 0.1) is 0 Å². The molecule has 1 aromatic heterocycles. The zero-order valence-corrected chi connectivity index (χ0v) is 9.14. The molecule has 0 aliphatic rings. The fourth-order valence-electron chi connectivity index (χ4n) is 1.54. The summed E-state index contributed by atoms with van der Waals surface area (Å²) in [5.74, 6) is 0. The molecular weight excluding hydrogens is 192 g/mol. The SMILES string of the molecule is CCCCCCCc1c[nH]c(=O)[nH]c1=O. The van der Waals surface area contributed by atoms with Crippen molar-refractivity contribution < 1.29 is 0 Å². The van der Waals surface area contributed by atoms with E-state index in [0.717, 1.165) is 19.3 Å². The largest absolute Gasteiger partial charge is 0.325 e. The van der Waals surface area contributed by atoms with Crippen LogP contribution in [0.2, 0.25) is 0 Å². The van der Waals surface area contributed by atoms with E-state index in [-0.39, 0.29) is 5.56 Å². The summed E-state index contributed by atoms with van der Waals surface area (Å²) in [4.78, 5) is 26.7. The van der Waals surface area contributed by atoms with Gasteiger partial charge in [0.25, 0.3) is 5.56 Å². The number of aromatic amines is 2. The molecular formula is C11H18N2O2. The molecule has 0 atom stereocenters. The van der Waals surface area contributed by atoms with Gasteiger partial charge in [0.1, 0.15) is 0 Å². The number of aryl methyl sites for hydroxylation is 1. The Morgan fingerprint density at radius 2 is 1.87 bits per heavy atom. The first-order valence-electron chi connectivity index (χ1n) is 5.55. The number of rotatable bonds is 6. The molecule has 0 aromatic carbocycles. The summed E-state index contributed by atoms with van der Waals surface area (Å²) in [6, 6.07) is 0. The van der Waals surface area contributed by atoms with Gasteiger partial charge in [0.05, 0.1) is 0 Å². The highest BCUT2D eigenvalue weighted by atomic mass is 16.2. The highest BCUT2D eigenvalue weighted by molar-refractivity contribution is 5.02. The van der Waals surface area contributed by atoms with Crippen molar-refractivity contribution in [3.63, 3.8) is 0 Å². The average molecular weight is 210 g/mol. The van der Waals surface area contributed by atoms with Crippen LogP contribution in [0.1, 0.15) is 44.6 Å². The predicted octanol–water partition coefficient (Wildman–Crippen LogP) is 1.58. The summed E-state index contributed by atoms with van der Waals surface area (Å²) in [6.45, 7) is 2.17. The Hall–Kier alpha value is -1.32. The summed E-state index contributed by atoms with van der Waals surface area (Å²) in [7, 11) is 0. The van der Waals surface area contributed by atoms with E-state index in [1.807, 2.05) is 0 Å². The smallest absolute Gasteiger partial charge is 0.314 e. The highest BCUT2D eigenvalue weighted by Crippen LogP contribution is 2.04. The maximum atomic E-state index is 11.3. The van der Waals surface area contributed by atoms with Crippen LogP contribution in [-0.4, -0.2) is 9.97 Å². The topological polar surface area (TPSA) is 65.7 Å². The van der Waals surface area contributed by atoms with Gasteiger partial charge >= 0.3 is 5.69 Å². The second kappa shape index (κ2) is 6.22. The summed E-state index contributed by atoms with van der Waals surface area (Å²) in [5, 5.41) is 0. The van der Waals surface area contributed by atoms with Gasteiger partial charge in [-0.15, -0.1) is 0 Å². The number of nitrogens with one attached hydrogen (secondary N) is 2. The number of aromatic nitrogens is 2. The van der Waals surface area contributed by atoms with Gasteiger partial charge in [-0.25, -0.2) is 4.79 Å². The second-order valence-electron chi connectivity index (χ2n) is 3.76. The standard InChI is InChI=1S/C11H18N2O2/c1-2-3-4-5-6-7-9-8-12-11(15)13-10(9)14/h8H,2-7H2,1H3,(H2,12,13,14,15). The summed E-state index contributed by atoms with van der Waals surface area (Å²) in [6.07, 6.45) is 8.11. The fourth-order valence-corrected chi connectivity index (χ4v) is 1.54. The highest BCUT2D eigenvalue weighted by Gasteiger charge is 1.99. The van der Waals surface area contributed by atoms with Crippen molar-refractivity contribution in [2.24, 2.45) is 0 Å². The summed E-state index contributed by atoms with van der Waals surface area (Å²) in [5.41, 5.74) is -0.0185. The van der Waals surface area contributed by atoms with E-state index >= 15 is 0 Å². The van der Waals surface area contributed by atoms with Gasteiger partial charge in [-0.05, 0) is 12.8 Å². The Labute approximate surface area is 88.7 Å². The number of hydrogen-bond donors (Lipinski definition) is 2. The van der Waals surface area contributed by atoms with E-state index in [1.165, 1.54) is 25.5 Å². The molecule has 0 unspecified atom stereocenters. The molecule has 2 N–H and O–H groups in total. The third-order valence-electron chi connectivity index (χ3n) is 2.45. The number of hydrogen-bond acceptors (Lipinski definition) is 2. The average Bonchev–Trinajstić information content (AvgIpc) is 2.20. The molecule has 84 valence electrons. The molecule has 4 nitrogen and oxygen atoms in total. The Balaban J connectivity index is 2.38. The van der Waals surface area contributed by atoms with Crippen LogP contribution in [0.4, 0.5) is 0 Å². The third-order valence-corrected chi connectivity index (χ3v) is 2.45. The Morgan fingerprint density at radius 1 is 1.13 bits per heavy atom. The lowest BCUT2D eigenvalue weighted by Crippen LogP contribution is -2.24. The van der Waals surface area contributed by atoms with Crippen LogP contribution in [0.15, 0.2) is 15.8 Å². The maximum absolute atomic E-state index is 11.3. The molecule has 0 fully saturated rings. The molecule has 1 aromatic rings. The van der Waals surface area contributed by atoms with Gasteiger partial charge in [-0.2, -0.15) is 0 Å². The van der Waals surface area contributed by atoms with E-state index in [1.54, 1.807) is 0 Å². The van der Waals surface area contributed by atoms with Crippen LogP contribution in [0.3, 0.4) is 0 Å². The lowest BCUT2D eigenvalue weighted by molar-refractivity contribution is 0.629. The molecule has 0 saturated carbocycles. The normalized spacial score (nSPS) is 10.5. The first-order chi connectivity index (χ1) is 7.24. The van der Waals surface area contributed by atoms with E-state index < -0.39 is 5.69 Å². The lowest BCUT2D eigenvalue weighted by atomic mass is 10.1. The van der Waals surface area contributed by atoms with Gasteiger partial charge in [0, 0.05) is 11.8 Å². The zero-order chi connectivity index (χ0) is 11.1. The third kappa shape index (κ3) is 4.14. The van der Waals surface area contributed by atoms with Gasteiger partial charge in [-0.3, -0.25) is 9.78 Å². The van der Waals surface area contributed by atoms with Crippen molar-refractivity contribution in [3.05, 3.63) is 32.6 Å². The molecule has 0 amide bonds. The minimum Gasteiger partial charge on any atom is -0.314 e. The van der Waals surface area contributed by atoms with Crippen molar-refractivity contribution >= 4 is 0 Å². The van der Waals surface area contributed by atoms with Crippen LogP contribution >= 0.6 is 0 Å². The van der Waals surface area contributed by atoms with Gasteiger partial charge in [0.2, 0.25) is 0 Å². The molecule has 0 radical (unpaired) electrons. The minimum atomic E-state index is -0.435. The van der Waals surface area contributed by atoms with Crippen molar-refractivity contribution in [3.8, 4) is 0 Å². The Kier molecular flexibility index (Phi) is 4.87. The first-order valence-corrected chi connectivity index (χ1v) is 5.55. The molecule has 0 spiro atoms. The van der Waals surface area contributed by atoms with Crippen molar-refractivity contribution in [2.75, 3.05) is 0 Å². The molecule has 0 bridgehead atoms. The van der Waals surface area contributed by atoms with E-state index in [2.05, 4.69) is 16.9 Å². The predicted molar refractivity (Wildman–Crippen MR) is 60.1 cm³/mol. The first kappa shape index (κ1) is 11.8. The number of unbranched alkanes of at least 4 members (excludes halogenated alkanes) is 4. The van der Waals surface area contributed by atoms with Gasteiger partial charge in [0.15, 0.2) is 0 Å². The van der Waals surface area contributed by atoms with Crippen LogP contribution < -0.4 is 11.2 Å². The van der Waals surface area contributed by atoms with Crippen molar-refractivity contribution in [1.82, 2.24) is 9.97 Å². The molecule has 0 aliphatic carbocycles. The van der Waals surface area contributed by atoms with Gasteiger partial charge in [-0.1, -0.05) is 32.6 Å². The molecule has 1 rings (SSSR count). The molecule has 15 heavy (non-hydrogen) atoms.